The highest BCUT2D eigenvalue weighted by molar-refractivity contribution is 7.80. The van der Waals surface area contributed by atoms with E-state index in [1.54, 1.807) is 13.2 Å². The number of ether oxygens (including phenoxy) is 2. The number of hydrogen-bond acceptors (Lipinski definition) is 4. The van der Waals surface area contributed by atoms with Gasteiger partial charge in [0.05, 0.1) is 12.3 Å². The van der Waals surface area contributed by atoms with E-state index in [1.807, 2.05) is 30.3 Å². The van der Waals surface area contributed by atoms with E-state index in [9.17, 15) is 4.39 Å². The van der Waals surface area contributed by atoms with Gasteiger partial charge in [0, 0.05) is 25.5 Å². The van der Waals surface area contributed by atoms with Gasteiger partial charge in [-0.05, 0) is 42.0 Å². The smallest absolute Gasteiger partial charge is 0.172 e. The summed E-state index contributed by atoms with van der Waals surface area (Å²) in [7, 11) is 1.67. The van der Waals surface area contributed by atoms with Gasteiger partial charge in [-0.1, -0.05) is 18.2 Å². The predicted octanol–water partition coefficient (Wildman–Crippen LogP) is 4.38. The maximum atomic E-state index is 14.2. The zero-order valence-corrected chi connectivity index (χ0v) is 15.6. The average molecular weight is 386 g/mol. The third-order valence-corrected chi connectivity index (χ3v) is 4.64. The fourth-order valence-electron chi connectivity index (χ4n) is 3.19. The second kappa shape index (κ2) is 7.54. The molecule has 0 saturated carbocycles. The molecule has 3 aromatic rings. The Labute approximate surface area is 161 Å². The maximum Gasteiger partial charge on any atom is 0.172 e. The number of rotatable bonds is 6. The summed E-state index contributed by atoms with van der Waals surface area (Å²) in [5, 5.41) is 7.42. The van der Waals surface area contributed by atoms with Crippen molar-refractivity contribution in [3.8, 4) is 5.75 Å². The summed E-state index contributed by atoms with van der Waals surface area (Å²) in [5.41, 5.74) is 1.84. The SMILES string of the molecule is COCCCOc1cccc(C2NC(=S)Nc3c2oc2c(F)cccc32)c1. The van der Waals surface area contributed by atoms with Crippen LogP contribution in [0, 0.1) is 5.82 Å². The Morgan fingerprint density at radius 2 is 2.04 bits per heavy atom. The first-order valence-corrected chi connectivity index (χ1v) is 9.08. The standard InChI is InChI=1S/C20H19FN2O3S/c1-24-9-4-10-25-13-6-2-5-12(11-13)16-19-17(23-20(27)22-16)14-7-3-8-15(21)18(14)26-19/h2-3,5-8,11,16H,4,9-10H2,1H3,(H2,22,23,27). The first-order valence-electron chi connectivity index (χ1n) is 8.67. The number of methoxy groups -OCH3 is 1. The lowest BCUT2D eigenvalue weighted by atomic mass is 10.0. The van der Waals surface area contributed by atoms with Crippen LogP contribution in [-0.2, 0) is 4.74 Å². The van der Waals surface area contributed by atoms with Crippen LogP contribution >= 0.6 is 12.2 Å². The number of halogens is 1. The van der Waals surface area contributed by atoms with Crippen molar-refractivity contribution in [1.29, 1.82) is 0 Å². The van der Waals surface area contributed by atoms with Gasteiger partial charge in [0.2, 0.25) is 0 Å². The molecule has 2 heterocycles. The van der Waals surface area contributed by atoms with Gasteiger partial charge in [0.25, 0.3) is 0 Å². The van der Waals surface area contributed by atoms with Crippen LogP contribution in [0.4, 0.5) is 10.1 Å². The quantitative estimate of drug-likeness (QED) is 0.484. The molecule has 0 aliphatic carbocycles. The van der Waals surface area contributed by atoms with Crippen molar-refractivity contribution in [1.82, 2.24) is 5.32 Å². The highest BCUT2D eigenvalue weighted by Gasteiger charge is 2.30. The molecule has 0 bridgehead atoms. The molecule has 0 radical (unpaired) electrons. The van der Waals surface area contributed by atoms with Gasteiger partial charge >= 0.3 is 0 Å². The molecule has 5 nitrogen and oxygen atoms in total. The van der Waals surface area contributed by atoms with Crippen molar-refractivity contribution in [2.45, 2.75) is 12.5 Å². The van der Waals surface area contributed by atoms with Gasteiger partial charge in [0.1, 0.15) is 11.8 Å². The molecule has 0 spiro atoms. The molecule has 1 unspecified atom stereocenters. The second-order valence-electron chi connectivity index (χ2n) is 6.26. The Kier molecular flexibility index (Phi) is 4.96. The fourth-order valence-corrected chi connectivity index (χ4v) is 3.41. The Hall–Kier alpha value is -2.64. The number of thiocarbonyl (C=S) groups is 1. The predicted molar refractivity (Wildman–Crippen MR) is 106 cm³/mol. The van der Waals surface area contributed by atoms with E-state index < -0.39 is 5.82 Å². The molecule has 0 amide bonds. The minimum absolute atomic E-state index is 0.221. The van der Waals surface area contributed by atoms with E-state index in [0.717, 1.165) is 17.7 Å². The average Bonchev–Trinajstić information content (AvgIpc) is 3.05. The van der Waals surface area contributed by atoms with Crippen LogP contribution in [0.1, 0.15) is 23.8 Å². The zero-order chi connectivity index (χ0) is 18.8. The van der Waals surface area contributed by atoms with Crippen molar-refractivity contribution < 1.29 is 18.3 Å². The monoisotopic (exact) mass is 386 g/mol. The number of benzene rings is 2. The maximum absolute atomic E-state index is 14.2. The summed E-state index contributed by atoms with van der Waals surface area (Å²) in [4.78, 5) is 0. The molecule has 1 atom stereocenters. The summed E-state index contributed by atoms with van der Waals surface area (Å²) < 4.78 is 30.9. The Balaban J connectivity index is 1.68. The summed E-state index contributed by atoms with van der Waals surface area (Å²) in [6.07, 6.45) is 0.809. The van der Waals surface area contributed by atoms with E-state index in [2.05, 4.69) is 10.6 Å². The number of nitrogens with one attached hydrogen (secondary N) is 2. The summed E-state index contributed by atoms with van der Waals surface area (Å²) in [5.74, 6) is 0.947. The Morgan fingerprint density at radius 3 is 2.89 bits per heavy atom. The summed E-state index contributed by atoms with van der Waals surface area (Å²) in [6, 6.07) is 12.2. The largest absolute Gasteiger partial charge is 0.493 e. The van der Waals surface area contributed by atoms with E-state index in [-0.39, 0.29) is 11.6 Å². The van der Waals surface area contributed by atoms with E-state index in [1.165, 1.54) is 6.07 Å². The van der Waals surface area contributed by atoms with Crippen molar-refractivity contribution in [2.24, 2.45) is 0 Å². The van der Waals surface area contributed by atoms with Crippen LogP contribution in [0.25, 0.3) is 11.0 Å². The molecular formula is C20H19FN2O3S. The molecule has 2 aromatic carbocycles. The molecule has 4 rings (SSSR count). The number of para-hydroxylation sites is 1. The second-order valence-corrected chi connectivity index (χ2v) is 6.66. The van der Waals surface area contributed by atoms with Gasteiger partial charge in [0.15, 0.2) is 22.3 Å². The minimum Gasteiger partial charge on any atom is -0.493 e. The first-order chi connectivity index (χ1) is 13.2. The number of hydrogen-bond donors (Lipinski definition) is 2. The lowest BCUT2D eigenvalue weighted by Crippen LogP contribution is -2.37. The fraction of sp³-hybridized carbons (Fsp3) is 0.250. The molecule has 2 N–H and O–H groups in total. The molecule has 27 heavy (non-hydrogen) atoms. The van der Waals surface area contributed by atoms with Crippen LogP contribution in [0.15, 0.2) is 46.9 Å². The number of anilines is 1. The number of furan rings is 1. The topological polar surface area (TPSA) is 55.7 Å². The van der Waals surface area contributed by atoms with Crippen molar-refractivity contribution >= 4 is 34.0 Å². The van der Waals surface area contributed by atoms with Crippen LogP contribution in [0.2, 0.25) is 0 Å². The first kappa shape index (κ1) is 17.8. The molecule has 1 aliphatic heterocycles. The van der Waals surface area contributed by atoms with Crippen LogP contribution < -0.4 is 15.4 Å². The van der Waals surface area contributed by atoms with Gasteiger partial charge in [-0.2, -0.15) is 0 Å². The Bertz CT molecular complexity index is 989. The van der Waals surface area contributed by atoms with Gasteiger partial charge in [-0.3, -0.25) is 0 Å². The third kappa shape index (κ3) is 3.48. The molecule has 1 aliphatic rings. The van der Waals surface area contributed by atoms with E-state index in [4.69, 9.17) is 26.1 Å². The molecule has 140 valence electrons. The number of fused-ring (bicyclic) bond motifs is 3. The third-order valence-electron chi connectivity index (χ3n) is 4.42. The van der Waals surface area contributed by atoms with E-state index >= 15 is 0 Å². The van der Waals surface area contributed by atoms with E-state index in [0.29, 0.717) is 35.2 Å². The van der Waals surface area contributed by atoms with Crippen LogP contribution in [0.5, 0.6) is 5.75 Å². The van der Waals surface area contributed by atoms with Gasteiger partial charge in [-0.25, -0.2) is 4.39 Å². The summed E-state index contributed by atoms with van der Waals surface area (Å²) in [6.45, 7) is 1.22. The molecular weight excluding hydrogens is 367 g/mol. The van der Waals surface area contributed by atoms with Crippen molar-refractivity contribution in [3.63, 3.8) is 0 Å². The van der Waals surface area contributed by atoms with Crippen LogP contribution in [-0.4, -0.2) is 25.4 Å². The van der Waals surface area contributed by atoms with Crippen molar-refractivity contribution in [2.75, 3.05) is 25.6 Å². The summed E-state index contributed by atoms with van der Waals surface area (Å²) >= 11 is 5.35. The molecule has 0 saturated heterocycles. The van der Waals surface area contributed by atoms with Gasteiger partial charge < -0.3 is 24.5 Å². The highest BCUT2D eigenvalue weighted by atomic mass is 32.1. The minimum atomic E-state index is -0.399. The van der Waals surface area contributed by atoms with Crippen LogP contribution in [0.3, 0.4) is 0 Å². The molecule has 7 heteroatoms. The Morgan fingerprint density at radius 1 is 1.19 bits per heavy atom. The normalized spacial score (nSPS) is 15.9. The zero-order valence-electron chi connectivity index (χ0n) is 14.8. The molecule has 0 fully saturated rings. The van der Waals surface area contributed by atoms with Gasteiger partial charge in [-0.15, -0.1) is 0 Å². The molecule has 1 aromatic heterocycles. The lowest BCUT2D eigenvalue weighted by Gasteiger charge is -2.26. The lowest BCUT2D eigenvalue weighted by molar-refractivity contribution is 0.172. The highest BCUT2D eigenvalue weighted by Crippen LogP contribution is 2.40. The van der Waals surface area contributed by atoms with Crippen molar-refractivity contribution in [3.05, 3.63) is 59.6 Å².